The number of hydrogen-bond acceptors (Lipinski definition) is 4. The van der Waals surface area contributed by atoms with Gasteiger partial charge in [0.25, 0.3) is 10.0 Å². The van der Waals surface area contributed by atoms with Gasteiger partial charge in [-0.15, -0.1) is 0 Å². The highest BCUT2D eigenvalue weighted by molar-refractivity contribution is 9.10. The van der Waals surface area contributed by atoms with Crippen LogP contribution in [-0.2, 0) is 17.1 Å². The van der Waals surface area contributed by atoms with Crippen molar-refractivity contribution in [1.82, 2.24) is 14.8 Å². The molecule has 0 atom stereocenters. The predicted molar refractivity (Wildman–Crippen MR) is 75.4 cm³/mol. The van der Waals surface area contributed by atoms with E-state index in [4.69, 9.17) is 0 Å². The van der Waals surface area contributed by atoms with Gasteiger partial charge >= 0.3 is 0 Å². The summed E-state index contributed by atoms with van der Waals surface area (Å²) in [6.07, 6.45) is 0. The van der Waals surface area contributed by atoms with Crippen molar-refractivity contribution in [2.75, 3.05) is 4.72 Å². The summed E-state index contributed by atoms with van der Waals surface area (Å²) in [6, 6.07) is 4.97. The van der Waals surface area contributed by atoms with Gasteiger partial charge in [-0.2, -0.15) is 10.1 Å². The van der Waals surface area contributed by atoms with E-state index in [0.717, 1.165) is 5.56 Å². The van der Waals surface area contributed by atoms with Crippen molar-refractivity contribution in [3.8, 4) is 0 Å². The predicted octanol–water partition coefficient (Wildman–Crippen LogP) is 2.00. The number of aryl methyl sites for hydroxylation is 3. The van der Waals surface area contributed by atoms with Gasteiger partial charge in [0.1, 0.15) is 5.82 Å². The molecular weight excluding hydrogens is 332 g/mol. The highest BCUT2D eigenvalue weighted by Gasteiger charge is 2.18. The summed E-state index contributed by atoms with van der Waals surface area (Å²) in [5.74, 6) is 0.695. The monoisotopic (exact) mass is 344 g/mol. The van der Waals surface area contributed by atoms with Gasteiger partial charge in [0.05, 0.1) is 4.90 Å². The Labute approximate surface area is 120 Å². The van der Waals surface area contributed by atoms with E-state index < -0.39 is 10.0 Å². The average molecular weight is 345 g/mol. The van der Waals surface area contributed by atoms with Crippen molar-refractivity contribution in [1.29, 1.82) is 0 Å². The maximum atomic E-state index is 12.3. The summed E-state index contributed by atoms with van der Waals surface area (Å²) in [5, 5.41) is 3.99. The molecule has 0 aliphatic carbocycles. The number of rotatable bonds is 3. The molecule has 0 saturated carbocycles. The summed E-state index contributed by atoms with van der Waals surface area (Å²) >= 11 is 3.28. The zero-order chi connectivity index (χ0) is 14.2. The van der Waals surface area contributed by atoms with E-state index in [0.29, 0.717) is 10.3 Å². The van der Waals surface area contributed by atoms with E-state index in [9.17, 15) is 8.42 Å². The number of anilines is 1. The molecule has 0 fully saturated rings. The Kier molecular flexibility index (Phi) is 3.64. The van der Waals surface area contributed by atoms with Gasteiger partial charge in [-0.1, -0.05) is 15.9 Å². The summed E-state index contributed by atoms with van der Waals surface area (Å²) < 4.78 is 29.0. The highest BCUT2D eigenvalue weighted by atomic mass is 79.9. The molecule has 1 N–H and O–H groups in total. The van der Waals surface area contributed by atoms with Crippen LogP contribution in [-0.4, -0.2) is 23.2 Å². The van der Waals surface area contributed by atoms with Gasteiger partial charge in [-0.25, -0.2) is 17.8 Å². The van der Waals surface area contributed by atoms with E-state index in [1.54, 1.807) is 26.1 Å². The lowest BCUT2D eigenvalue weighted by Gasteiger charge is -2.08. The molecule has 1 aromatic heterocycles. The summed E-state index contributed by atoms with van der Waals surface area (Å²) in [4.78, 5) is 4.20. The lowest BCUT2D eigenvalue weighted by molar-refractivity contribution is 0.600. The lowest BCUT2D eigenvalue weighted by Crippen LogP contribution is -2.16. The normalized spacial score (nSPS) is 11.6. The second-order valence-electron chi connectivity index (χ2n) is 4.18. The van der Waals surface area contributed by atoms with Crippen molar-refractivity contribution in [3.05, 3.63) is 34.1 Å². The molecule has 2 aromatic rings. The van der Waals surface area contributed by atoms with Gasteiger partial charge < -0.3 is 0 Å². The first-order chi connectivity index (χ1) is 8.78. The summed E-state index contributed by atoms with van der Waals surface area (Å²) in [6.45, 7) is 3.53. The minimum Gasteiger partial charge on any atom is -0.247 e. The Hall–Kier alpha value is -1.41. The van der Waals surface area contributed by atoms with Crippen molar-refractivity contribution in [3.63, 3.8) is 0 Å². The van der Waals surface area contributed by atoms with Crippen molar-refractivity contribution >= 4 is 31.9 Å². The molecule has 0 spiro atoms. The fourth-order valence-corrected chi connectivity index (χ4v) is 3.56. The van der Waals surface area contributed by atoms with Crippen LogP contribution in [0.5, 0.6) is 0 Å². The number of hydrogen-bond donors (Lipinski definition) is 1. The van der Waals surface area contributed by atoms with Gasteiger partial charge in [-0.05, 0) is 37.6 Å². The van der Waals surface area contributed by atoms with Crippen molar-refractivity contribution < 1.29 is 8.42 Å². The molecule has 0 radical (unpaired) electrons. The second-order valence-corrected chi connectivity index (χ2v) is 6.77. The third kappa shape index (κ3) is 3.13. The van der Waals surface area contributed by atoms with E-state index in [2.05, 4.69) is 30.7 Å². The van der Waals surface area contributed by atoms with E-state index >= 15 is 0 Å². The molecule has 1 aromatic carbocycles. The smallest absolute Gasteiger partial charge is 0.247 e. The molecule has 2 rings (SSSR count). The molecule has 8 heteroatoms. The van der Waals surface area contributed by atoms with Crippen LogP contribution in [0.25, 0.3) is 0 Å². The Morgan fingerprint density at radius 1 is 1.26 bits per heavy atom. The quantitative estimate of drug-likeness (QED) is 0.923. The zero-order valence-electron chi connectivity index (χ0n) is 10.7. The van der Waals surface area contributed by atoms with Crippen molar-refractivity contribution in [2.24, 2.45) is 7.05 Å². The standard InChI is InChI=1S/C11H13BrN4O2S/c1-7-4-9(12)6-10(5-7)19(17,18)15-11-13-8(2)14-16(11)3/h4-6H,1-3H3,(H,13,14,15). The fraction of sp³-hybridized carbons (Fsp3) is 0.273. The van der Waals surface area contributed by atoms with Crippen LogP contribution < -0.4 is 4.72 Å². The van der Waals surface area contributed by atoms with E-state index in [1.807, 2.05) is 13.0 Å². The summed E-state index contributed by atoms with van der Waals surface area (Å²) in [5.41, 5.74) is 0.851. The minimum atomic E-state index is -3.67. The fourth-order valence-electron chi connectivity index (χ4n) is 1.64. The third-order valence-corrected chi connectivity index (χ3v) is 4.19. The molecule has 19 heavy (non-hydrogen) atoms. The van der Waals surface area contributed by atoms with Crippen LogP contribution in [0.15, 0.2) is 27.6 Å². The van der Waals surface area contributed by atoms with Crippen LogP contribution in [0.1, 0.15) is 11.4 Å². The topological polar surface area (TPSA) is 76.9 Å². The first kappa shape index (κ1) is 14.0. The van der Waals surface area contributed by atoms with E-state index in [-0.39, 0.29) is 10.8 Å². The first-order valence-electron chi connectivity index (χ1n) is 5.45. The van der Waals surface area contributed by atoms with Gasteiger partial charge in [-0.3, -0.25) is 0 Å². The Balaban J connectivity index is 2.40. The molecule has 6 nitrogen and oxygen atoms in total. The molecule has 102 valence electrons. The van der Waals surface area contributed by atoms with Crippen LogP contribution in [0.3, 0.4) is 0 Å². The summed E-state index contributed by atoms with van der Waals surface area (Å²) in [7, 11) is -2.04. The van der Waals surface area contributed by atoms with E-state index in [1.165, 1.54) is 4.68 Å². The van der Waals surface area contributed by atoms with Gasteiger partial charge in [0, 0.05) is 11.5 Å². The minimum absolute atomic E-state index is 0.181. The molecule has 0 saturated heterocycles. The average Bonchev–Trinajstić information content (AvgIpc) is 2.55. The number of aromatic nitrogens is 3. The molecule has 0 aliphatic rings. The SMILES string of the molecule is Cc1cc(Br)cc(S(=O)(=O)Nc2nc(C)nn2C)c1. The van der Waals surface area contributed by atoms with Crippen molar-refractivity contribution in [2.45, 2.75) is 18.7 Å². The van der Waals surface area contributed by atoms with Crippen LogP contribution >= 0.6 is 15.9 Å². The number of halogens is 1. The van der Waals surface area contributed by atoms with Crippen LogP contribution in [0.2, 0.25) is 0 Å². The maximum Gasteiger partial charge on any atom is 0.264 e. The largest absolute Gasteiger partial charge is 0.264 e. The van der Waals surface area contributed by atoms with Crippen LogP contribution in [0.4, 0.5) is 5.95 Å². The Bertz CT molecular complexity index is 704. The molecule has 0 amide bonds. The lowest BCUT2D eigenvalue weighted by atomic mass is 10.2. The molecule has 0 bridgehead atoms. The maximum absolute atomic E-state index is 12.3. The Morgan fingerprint density at radius 2 is 1.95 bits per heavy atom. The molecule has 1 heterocycles. The number of benzene rings is 1. The van der Waals surface area contributed by atoms with Gasteiger partial charge in [0.2, 0.25) is 5.95 Å². The Morgan fingerprint density at radius 3 is 2.47 bits per heavy atom. The zero-order valence-corrected chi connectivity index (χ0v) is 13.1. The third-order valence-electron chi connectivity index (χ3n) is 2.42. The second kappa shape index (κ2) is 4.93. The van der Waals surface area contributed by atoms with Gasteiger partial charge in [0.15, 0.2) is 0 Å². The first-order valence-corrected chi connectivity index (χ1v) is 7.73. The number of nitrogens with zero attached hydrogens (tertiary/aromatic N) is 3. The molecule has 0 aliphatic heterocycles. The highest BCUT2D eigenvalue weighted by Crippen LogP contribution is 2.21. The molecule has 0 unspecified atom stereocenters. The van der Waals surface area contributed by atoms with Crippen LogP contribution in [0, 0.1) is 13.8 Å². The molecular formula is C11H13BrN4O2S. The number of sulfonamides is 1. The number of nitrogens with one attached hydrogen (secondary N) is 1.